The van der Waals surface area contributed by atoms with Crippen molar-refractivity contribution < 1.29 is 14.3 Å². The average Bonchev–Trinajstić information content (AvgIpc) is 2.36. The van der Waals surface area contributed by atoms with Crippen LogP contribution in [-0.4, -0.2) is 16.6 Å². The summed E-state index contributed by atoms with van der Waals surface area (Å²) in [7, 11) is 0. The van der Waals surface area contributed by atoms with E-state index < -0.39 is 5.82 Å². The Kier molecular flexibility index (Phi) is 4.70. The number of carbonyl (C=O) groups is 1. The van der Waals surface area contributed by atoms with Crippen LogP contribution in [-0.2, 0) is 0 Å². The van der Waals surface area contributed by atoms with Crippen molar-refractivity contribution in [3.05, 3.63) is 29.6 Å². The summed E-state index contributed by atoms with van der Waals surface area (Å²) in [6.45, 7) is 6.04. The predicted molar refractivity (Wildman–Crippen MR) is 69.1 cm³/mol. The number of phenolic OH excluding ortho intramolecular Hbond substituents is 1. The molecule has 1 aromatic rings. The first-order valence-corrected chi connectivity index (χ1v) is 6.29. The predicted octanol–water partition coefficient (Wildman–Crippen LogP) is 3.23. The van der Waals surface area contributed by atoms with Gasteiger partial charge >= 0.3 is 0 Å². The molecule has 0 unspecified atom stereocenters. The van der Waals surface area contributed by atoms with Gasteiger partial charge in [-0.2, -0.15) is 0 Å². The second kappa shape index (κ2) is 5.85. The highest BCUT2D eigenvalue weighted by Gasteiger charge is 2.27. The van der Waals surface area contributed by atoms with Crippen molar-refractivity contribution in [1.82, 2.24) is 5.32 Å². The minimum Gasteiger partial charge on any atom is -0.507 e. The molecule has 100 valence electrons. The molecule has 1 rings (SSSR count). The summed E-state index contributed by atoms with van der Waals surface area (Å²) in [5, 5.41) is 12.5. The fraction of sp³-hybridized carbons (Fsp3) is 0.500. The SMILES string of the molecule is CCC(CC)(CC)NC(=O)c1ccc(F)cc1O. The van der Waals surface area contributed by atoms with Crippen LogP contribution in [0.25, 0.3) is 0 Å². The van der Waals surface area contributed by atoms with Crippen LogP contribution in [0.5, 0.6) is 5.75 Å². The molecule has 18 heavy (non-hydrogen) atoms. The third kappa shape index (κ3) is 3.00. The quantitative estimate of drug-likeness (QED) is 0.846. The van der Waals surface area contributed by atoms with Gasteiger partial charge in [-0.15, -0.1) is 0 Å². The van der Waals surface area contributed by atoms with Crippen LogP contribution in [0.1, 0.15) is 50.4 Å². The molecule has 0 spiro atoms. The third-order valence-corrected chi connectivity index (χ3v) is 3.61. The van der Waals surface area contributed by atoms with E-state index in [4.69, 9.17) is 0 Å². The van der Waals surface area contributed by atoms with Gasteiger partial charge < -0.3 is 10.4 Å². The molecule has 3 nitrogen and oxygen atoms in total. The Morgan fingerprint density at radius 1 is 1.28 bits per heavy atom. The first-order chi connectivity index (χ1) is 8.48. The Labute approximate surface area is 107 Å². The summed E-state index contributed by atoms with van der Waals surface area (Å²) in [4.78, 5) is 12.1. The van der Waals surface area contributed by atoms with E-state index in [0.717, 1.165) is 25.3 Å². The summed E-state index contributed by atoms with van der Waals surface area (Å²) in [6.07, 6.45) is 2.44. The Balaban J connectivity index is 2.94. The number of phenols is 1. The molecule has 0 heterocycles. The molecule has 1 amide bonds. The summed E-state index contributed by atoms with van der Waals surface area (Å²) < 4.78 is 12.9. The van der Waals surface area contributed by atoms with Crippen LogP contribution in [0.15, 0.2) is 18.2 Å². The van der Waals surface area contributed by atoms with Gasteiger partial charge in [-0.05, 0) is 31.4 Å². The molecule has 0 saturated heterocycles. The van der Waals surface area contributed by atoms with Gasteiger partial charge in [-0.3, -0.25) is 4.79 Å². The third-order valence-electron chi connectivity index (χ3n) is 3.61. The molecule has 0 atom stereocenters. The Bertz CT molecular complexity index is 420. The largest absolute Gasteiger partial charge is 0.507 e. The lowest BCUT2D eigenvalue weighted by atomic mass is 9.89. The Morgan fingerprint density at radius 2 is 1.83 bits per heavy atom. The summed E-state index contributed by atoms with van der Waals surface area (Å²) in [5.41, 5.74) is -0.158. The minimum absolute atomic E-state index is 0.108. The minimum atomic E-state index is -0.559. The van der Waals surface area contributed by atoms with Crippen molar-refractivity contribution >= 4 is 5.91 Å². The van der Waals surface area contributed by atoms with Gasteiger partial charge in [0.2, 0.25) is 0 Å². The molecule has 0 aliphatic rings. The molecule has 0 aromatic heterocycles. The second-order valence-electron chi connectivity index (χ2n) is 4.46. The van der Waals surface area contributed by atoms with Gasteiger partial charge in [0.05, 0.1) is 5.56 Å². The van der Waals surface area contributed by atoms with Crippen LogP contribution >= 0.6 is 0 Å². The number of amides is 1. The summed E-state index contributed by atoms with van der Waals surface area (Å²) in [5.74, 6) is -1.25. The maximum Gasteiger partial charge on any atom is 0.255 e. The number of nitrogens with one attached hydrogen (secondary N) is 1. The zero-order valence-electron chi connectivity index (χ0n) is 11.1. The van der Waals surface area contributed by atoms with Gasteiger partial charge in [0.1, 0.15) is 11.6 Å². The lowest BCUT2D eigenvalue weighted by molar-refractivity contribution is 0.0885. The van der Waals surface area contributed by atoms with Crippen LogP contribution in [0.2, 0.25) is 0 Å². The molecule has 0 radical (unpaired) electrons. The molecule has 0 bridgehead atoms. The Morgan fingerprint density at radius 3 is 2.28 bits per heavy atom. The van der Waals surface area contributed by atoms with Gasteiger partial charge in [0.25, 0.3) is 5.91 Å². The first-order valence-electron chi connectivity index (χ1n) is 6.29. The van der Waals surface area contributed by atoms with Gasteiger partial charge in [0, 0.05) is 11.6 Å². The number of hydrogen-bond donors (Lipinski definition) is 2. The lowest BCUT2D eigenvalue weighted by Crippen LogP contribution is -2.47. The fourth-order valence-corrected chi connectivity index (χ4v) is 2.02. The molecular formula is C14H20FNO2. The number of rotatable bonds is 5. The molecule has 0 fully saturated rings. The first kappa shape index (κ1) is 14.5. The number of benzene rings is 1. The van der Waals surface area contributed by atoms with E-state index >= 15 is 0 Å². The molecule has 1 aromatic carbocycles. The van der Waals surface area contributed by atoms with Gasteiger partial charge in [-0.1, -0.05) is 20.8 Å². The van der Waals surface area contributed by atoms with E-state index in [1.165, 1.54) is 12.1 Å². The maximum absolute atomic E-state index is 12.9. The smallest absolute Gasteiger partial charge is 0.255 e. The fourth-order valence-electron chi connectivity index (χ4n) is 2.02. The van der Waals surface area contributed by atoms with Crippen LogP contribution in [0.4, 0.5) is 4.39 Å². The van der Waals surface area contributed by atoms with Crippen molar-refractivity contribution in [2.24, 2.45) is 0 Å². The number of hydrogen-bond acceptors (Lipinski definition) is 2. The number of halogens is 1. The molecule has 0 aliphatic heterocycles. The normalized spacial score (nSPS) is 11.3. The van der Waals surface area contributed by atoms with Crippen LogP contribution in [0.3, 0.4) is 0 Å². The maximum atomic E-state index is 12.9. The number of carbonyl (C=O) groups excluding carboxylic acids is 1. The second-order valence-corrected chi connectivity index (χ2v) is 4.46. The zero-order valence-corrected chi connectivity index (χ0v) is 11.1. The van der Waals surface area contributed by atoms with Crippen LogP contribution < -0.4 is 5.32 Å². The van der Waals surface area contributed by atoms with Gasteiger partial charge in [0.15, 0.2) is 0 Å². The van der Waals surface area contributed by atoms with E-state index in [1.807, 2.05) is 20.8 Å². The van der Waals surface area contributed by atoms with E-state index in [1.54, 1.807) is 0 Å². The molecule has 4 heteroatoms. The van der Waals surface area contributed by atoms with Crippen molar-refractivity contribution in [3.8, 4) is 5.75 Å². The van der Waals surface area contributed by atoms with Crippen LogP contribution in [0, 0.1) is 5.82 Å². The summed E-state index contributed by atoms with van der Waals surface area (Å²) >= 11 is 0. The van der Waals surface area contributed by atoms with E-state index in [9.17, 15) is 14.3 Å². The highest BCUT2D eigenvalue weighted by molar-refractivity contribution is 5.97. The highest BCUT2D eigenvalue weighted by atomic mass is 19.1. The molecular weight excluding hydrogens is 233 g/mol. The molecule has 2 N–H and O–H groups in total. The van der Waals surface area contributed by atoms with Crippen molar-refractivity contribution in [2.75, 3.05) is 0 Å². The average molecular weight is 253 g/mol. The molecule has 0 saturated carbocycles. The van der Waals surface area contributed by atoms with E-state index in [-0.39, 0.29) is 22.8 Å². The van der Waals surface area contributed by atoms with Crippen molar-refractivity contribution in [3.63, 3.8) is 0 Å². The van der Waals surface area contributed by atoms with E-state index in [0.29, 0.717) is 0 Å². The van der Waals surface area contributed by atoms with Crippen molar-refractivity contribution in [2.45, 2.75) is 45.6 Å². The van der Waals surface area contributed by atoms with E-state index in [2.05, 4.69) is 5.32 Å². The summed E-state index contributed by atoms with van der Waals surface area (Å²) in [6, 6.07) is 3.41. The Hall–Kier alpha value is -1.58. The number of aromatic hydroxyl groups is 1. The van der Waals surface area contributed by atoms with Gasteiger partial charge in [-0.25, -0.2) is 4.39 Å². The highest BCUT2D eigenvalue weighted by Crippen LogP contribution is 2.23. The standard InChI is InChI=1S/C14H20FNO2/c1-4-14(5-2,6-3)16-13(18)11-8-7-10(15)9-12(11)17/h7-9,17H,4-6H2,1-3H3,(H,16,18). The lowest BCUT2D eigenvalue weighted by Gasteiger charge is -2.31. The molecule has 0 aliphatic carbocycles. The van der Waals surface area contributed by atoms with Crippen molar-refractivity contribution in [1.29, 1.82) is 0 Å². The topological polar surface area (TPSA) is 49.3 Å². The zero-order chi connectivity index (χ0) is 13.8. The monoisotopic (exact) mass is 253 g/mol.